The Hall–Kier alpha value is -5.37. The number of nitrogens with one attached hydrogen (secondary N) is 1. The quantitative estimate of drug-likeness (QED) is 0.140. The molecule has 1 aliphatic rings. The number of anilines is 1. The Kier molecular flexibility index (Phi) is 8.34. The van der Waals surface area contributed by atoms with Crippen molar-refractivity contribution in [1.82, 2.24) is 5.32 Å². The lowest BCUT2D eigenvalue weighted by Crippen LogP contribution is -2.54. The van der Waals surface area contributed by atoms with Gasteiger partial charge in [0.25, 0.3) is 11.8 Å². The van der Waals surface area contributed by atoms with Gasteiger partial charge in [0, 0.05) is 5.56 Å². The van der Waals surface area contributed by atoms with Crippen molar-refractivity contribution in [2.75, 3.05) is 18.6 Å². The summed E-state index contributed by atoms with van der Waals surface area (Å²) in [6, 6.07) is 23.3. The highest BCUT2D eigenvalue weighted by Gasteiger charge is 2.37. The first-order valence-electron chi connectivity index (χ1n) is 13.5. The fourth-order valence-electron chi connectivity index (χ4n) is 4.87. The molecule has 1 saturated heterocycles. The third-order valence-electron chi connectivity index (χ3n) is 6.81. The molecule has 1 N–H and O–H groups in total. The SMILES string of the molecule is C=CCc1cc(/C=C2\C(=O)NC(=O)N(c3ccc(OCC)cc3)C2=O)cc(OC)c1OCc1cccc2ccccc12. The number of rotatable bonds is 10. The Balaban J connectivity index is 1.47. The molecule has 8 nitrogen and oxygen atoms in total. The fraction of sp³-hybridized carbons (Fsp3) is 0.147. The molecule has 4 amide bonds. The fourth-order valence-corrected chi connectivity index (χ4v) is 4.87. The van der Waals surface area contributed by atoms with Crippen LogP contribution in [0.5, 0.6) is 17.2 Å². The maximum absolute atomic E-state index is 13.4. The molecule has 0 spiro atoms. The summed E-state index contributed by atoms with van der Waals surface area (Å²) in [6.45, 7) is 6.51. The molecule has 0 aliphatic carbocycles. The third-order valence-corrected chi connectivity index (χ3v) is 6.81. The highest BCUT2D eigenvalue weighted by atomic mass is 16.5. The van der Waals surface area contributed by atoms with Crippen LogP contribution in [0.4, 0.5) is 10.5 Å². The van der Waals surface area contributed by atoms with Gasteiger partial charge in [-0.15, -0.1) is 6.58 Å². The van der Waals surface area contributed by atoms with E-state index in [0.29, 0.717) is 48.1 Å². The largest absolute Gasteiger partial charge is 0.494 e. The van der Waals surface area contributed by atoms with Gasteiger partial charge in [0.15, 0.2) is 11.5 Å². The molecule has 0 aromatic heterocycles. The minimum Gasteiger partial charge on any atom is -0.494 e. The molecule has 212 valence electrons. The number of nitrogens with zero attached hydrogens (tertiary/aromatic N) is 1. The molecule has 8 heteroatoms. The number of hydrogen-bond acceptors (Lipinski definition) is 6. The number of carbonyl (C=O) groups excluding carboxylic acids is 3. The molecule has 1 heterocycles. The number of barbiturate groups is 1. The molecule has 5 rings (SSSR count). The van der Waals surface area contributed by atoms with Gasteiger partial charge < -0.3 is 14.2 Å². The van der Waals surface area contributed by atoms with Crippen LogP contribution in [0, 0.1) is 0 Å². The molecule has 0 unspecified atom stereocenters. The summed E-state index contributed by atoms with van der Waals surface area (Å²) < 4.78 is 17.4. The lowest BCUT2D eigenvalue weighted by atomic mass is 10.0. The van der Waals surface area contributed by atoms with E-state index in [0.717, 1.165) is 26.8 Å². The van der Waals surface area contributed by atoms with E-state index in [2.05, 4.69) is 30.1 Å². The standard InChI is InChI=1S/C34H30N2O6/c1-4-9-24-18-22(20-30(40-3)31(24)42-21-25-12-8-11-23-10-6-7-13-28(23)25)19-29-32(37)35-34(39)36(33(29)38)26-14-16-27(17-15-26)41-5-2/h4,6-8,10-20H,1,5,9,21H2,2-3H3,(H,35,37,39)/b29-19+. The van der Waals surface area contributed by atoms with E-state index in [-0.39, 0.29) is 5.57 Å². The van der Waals surface area contributed by atoms with Crippen molar-refractivity contribution < 1.29 is 28.6 Å². The lowest BCUT2D eigenvalue weighted by Gasteiger charge is -2.26. The van der Waals surface area contributed by atoms with E-state index in [1.807, 2.05) is 37.3 Å². The van der Waals surface area contributed by atoms with Gasteiger partial charge in [0.05, 0.1) is 19.4 Å². The number of carbonyl (C=O) groups is 3. The maximum atomic E-state index is 13.4. The van der Waals surface area contributed by atoms with Crippen LogP contribution >= 0.6 is 0 Å². The van der Waals surface area contributed by atoms with Gasteiger partial charge in [-0.25, -0.2) is 9.69 Å². The summed E-state index contributed by atoms with van der Waals surface area (Å²) in [5.74, 6) is 0.0475. The summed E-state index contributed by atoms with van der Waals surface area (Å²) in [5.41, 5.74) is 2.43. The first-order valence-corrected chi connectivity index (χ1v) is 13.5. The van der Waals surface area contributed by atoms with Crippen molar-refractivity contribution in [3.63, 3.8) is 0 Å². The number of benzene rings is 4. The summed E-state index contributed by atoms with van der Waals surface area (Å²) in [6.07, 6.45) is 3.63. The number of amides is 4. The average molecular weight is 563 g/mol. The Morgan fingerprint density at radius 1 is 0.905 bits per heavy atom. The number of methoxy groups -OCH3 is 1. The van der Waals surface area contributed by atoms with Gasteiger partial charge in [-0.2, -0.15) is 0 Å². The summed E-state index contributed by atoms with van der Waals surface area (Å²) in [5, 5.41) is 4.47. The van der Waals surface area contributed by atoms with Gasteiger partial charge in [-0.05, 0) is 77.7 Å². The van der Waals surface area contributed by atoms with Crippen LogP contribution < -0.4 is 24.4 Å². The third kappa shape index (κ3) is 5.74. The van der Waals surface area contributed by atoms with Crippen LogP contribution in [-0.2, 0) is 22.6 Å². The number of ether oxygens (including phenoxy) is 3. The Bertz CT molecular complexity index is 1700. The highest BCUT2D eigenvalue weighted by molar-refractivity contribution is 6.39. The number of urea groups is 1. The summed E-state index contributed by atoms with van der Waals surface area (Å²) >= 11 is 0. The number of imide groups is 2. The number of hydrogen-bond donors (Lipinski definition) is 1. The van der Waals surface area contributed by atoms with Crippen molar-refractivity contribution in [1.29, 1.82) is 0 Å². The van der Waals surface area contributed by atoms with E-state index >= 15 is 0 Å². The van der Waals surface area contributed by atoms with Crippen molar-refractivity contribution in [3.8, 4) is 17.2 Å². The molecule has 4 aromatic carbocycles. The molecule has 1 fully saturated rings. The average Bonchev–Trinajstić information content (AvgIpc) is 2.99. The zero-order valence-corrected chi connectivity index (χ0v) is 23.4. The molecular weight excluding hydrogens is 532 g/mol. The highest BCUT2D eigenvalue weighted by Crippen LogP contribution is 2.36. The molecule has 4 aromatic rings. The van der Waals surface area contributed by atoms with Crippen molar-refractivity contribution >= 4 is 40.4 Å². The monoisotopic (exact) mass is 562 g/mol. The van der Waals surface area contributed by atoms with E-state index in [1.165, 1.54) is 13.2 Å². The normalized spacial score (nSPS) is 14.2. The zero-order chi connectivity index (χ0) is 29.6. The second kappa shape index (κ2) is 12.4. The van der Waals surface area contributed by atoms with Crippen LogP contribution in [0.2, 0.25) is 0 Å². The minimum atomic E-state index is -0.826. The lowest BCUT2D eigenvalue weighted by molar-refractivity contribution is -0.122. The molecule has 42 heavy (non-hydrogen) atoms. The number of allylic oxidation sites excluding steroid dienone is 1. The summed E-state index contributed by atoms with van der Waals surface area (Å²) in [4.78, 5) is 39.8. The van der Waals surface area contributed by atoms with Gasteiger partial charge in [-0.3, -0.25) is 14.9 Å². The van der Waals surface area contributed by atoms with Crippen LogP contribution in [0.3, 0.4) is 0 Å². The smallest absolute Gasteiger partial charge is 0.335 e. The van der Waals surface area contributed by atoms with Gasteiger partial charge in [-0.1, -0.05) is 48.5 Å². The van der Waals surface area contributed by atoms with Crippen LogP contribution in [0.15, 0.2) is 97.1 Å². The van der Waals surface area contributed by atoms with E-state index in [4.69, 9.17) is 14.2 Å². The van der Waals surface area contributed by atoms with Crippen molar-refractivity contribution in [3.05, 3.63) is 114 Å². The number of fused-ring (bicyclic) bond motifs is 1. The minimum absolute atomic E-state index is 0.195. The van der Waals surface area contributed by atoms with E-state index in [1.54, 1.807) is 36.4 Å². The van der Waals surface area contributed by atoms with Gasteiger partial charge in [0.2, 0.25) is 0 Å². The van der Waals surface area contributed by atoms with Gasteiger partial charge in [0.1, 0.15) is 17.9 Å². The van der Waals surface area contributed by atoms with E-state index < -0.39 is 17.8 Å². The molecule has 0 atom stereocenters. The van der Waals surface area contributed by atoms with Crippen LogP contribution in [-0.4, -0.2) is 31.6 Å². The topological polar surface area (TPSA) is 94.2 Å². The predicted octanol–water partition coefficient (Wildman–Crippen LogP) is 6.22. The molecule has 0 saturated carbocycles. The Labute approximate surface area is 243 Å². The predicted molar refractivity (Wildman–Crippen MR) is 162 cm³/mol. The second-order valence-electron chi connectivity index (χ2n) is 9.52. The first kappa shape index (κ1) is 28.2. The Morgan fingerprint density at radius 2 is 1.67 bits per heavy atom. The van der Waals surface area contributed by atoms with Crippen molar-refractivity contribution in [2.24, 2.45) is 0 Å². The maximum Gasteiger partial charge on any atom is 0.335 e. The van der Waals surface area contributed by atoms with Crippen molar-refractivity contribution in [2.45, 2.75) is 20.0 Å². The molecular formula is C34H30N2O6. The molecule has 0 bridgehead atoms. The van der Waals surface area contributed by atoms with Gasteiger partial charge >= 0.3 is 6.03 Å². The van der Waals surface area contributed by atoms with E-state index in [9.17, 15) is 14.4 Å². The molecule has 0 radical (unpaired) electrons. The van der Waals surface area contributed by atoms with Crippen LogP contribution in [0.1, 0.15) is 23.6 Å². The zero-order valence-electron chi connectivity index (χ0n) is 23.4. The summed E-state index contributed by atoms with van der Waals surface area (Å²) in [7, 11) is 1.53. The molecule has 1 aliphatic heterocycles. The second-order valence-corrected chi connectivity index (χ2v) is 9.52. The first-order chi connectivity index (χ1) is 20.4. The Morgan fingerprint density at radius 3 is 2.40 bits per heavy atom. The van der Waals surface area contributed by atoms with Crippen LogP contribution in [0.25, 0.3) is 16.8 Å².